The fourth-order valence-electron chi connectivity index (χ4n) is 4.33. The number of amides is 1. The Kier molecular flexibility index (Phi) is 11.7. The molecule has 1 amide bonds. The van der Waals surface area contributed by atoms with Gasteiger partial charge < -0.3 is 20.3 Å². The molecule has 180 valence electrons. The summed E-state index contributed by atoms with van der Waals surface area (Å²) in [5, 5.41) is 6.69. The van der Waals surface area contributed by atoms with Gasteiger partial charge in [0.1, 0.15) is 0 Å². The summed E-state index contributed by atoms with van der Waals surface area (Å²) < 4.78 is 5.90. The van der Waals surface area contributed by atoms with Crippen molar-refractivity contribution in [3.8, 4) is 0 Å². The summed E-state index contributed by atoms with van der Waals surface area (Å²) in [6.07, 6.45) is 2.48. The van der Waals surface area contributed by atoms with Crippen molar-refractivity contribution in [2.45, 2.75) is 45.8 Å². The van der Waals surface area contributed by atoms with E-state index in [1.165, 1.54) is 11.1 Å². The van der Waals surface area contributed by atoms with Gasteiger partial charge in [0.25, 0.3) is 0 Å². The minimum absolute atomic E-state index is 0. The Hall–Kier alpha value is -1.39. The number of carbonyl (C=O) groups excluding carboxylic acids is 1. The Labute approximate surface area is 210 Å². The molecule has 2 N–H and O–H groups in total. The van der Waals surface area contributed by atoms with Gasteiger partial charge in [-0.3, -0.25) is 14.7 Å². The molecule has 0 spiro atoms. The molecule has 0 aromatic heterocycles. The third-order valence-electron chi connectivity index (χ3n) is 5.91. The van der Waals surface area contributed by atoms with E-state index in [0.29, 0.717) is 12.3 Å². The first-order valence-electron chi connectivity index (χ1n) is 11.7. The SMILES string of the molecule is CN=C(NCCCC(=O)N1CCc2ccccc2C1)NCC1CN(CC(C)C)CCO1.I. The number of rotatable bonds is 8. The second-order valence-electron chi connectivity index (χ2n) is 8.96. The van der Waals surface area contributed by atoms with Crippen LogP contribution in [0.2, 0.25) is 0 Å². The number of ether oxygens (including phenoxy) is 1. The lowest BCUT2D eigenvalue weighted by atomic mass is 9.99. The first-order valence-corrected chi connectivity index (χ1v) is 11.7. The molecular formula is C24H40IN5O2. The van der Waals surface area contributed by atoms with Crippen molar-refractivity contribution in [2.75, 3.05) is 52.9 Å². The van der Waals surface area contributed by atoms with Crippen LogP contribution in [0.15, 0.2) is 29.3 Å². The smallest absolute Gasteiger partial charge is 0.222 e. The summed E-state index contributed by atoms with van der Waals surface area (Å²) in [6, 6.07) is 8.42. The van der Waals surface area contributed by atoms with Gasteiger partial charge in [0, 0.05) is 59.3 Å². The molecule has 1 aromatic carbocycles. The van der Waals surface area contributed by atoms with E-state index in [0.717, 1.165) is 71.2 Å². The van der Waals surface area contributed by atoms with E-state index in [4.69, 9.17) is 4.74 Å². The number of nitrogens with one attached hydrogen (secondary N) is 2. The quantitative estimate of drug-likeness (QED) is 0.223. The number of morpholine rings is 1. The third kappa shape index (κ3) is 8.51. The Morgan fingerprint density at radius 2 is 2.00 bits per heavy atom. The topological polar surface area (TPSA) is 69.2 Å². The number of fused-ring (bicyclic) bond motifs is 1. The molecule has 2 aliphatic rings. The second-order valence-corrected chi connectivity index (χ2v) is 8.96. The molecule has 0 radical (unpaired) electrons. The molecule has 1 unspecified atom stereocenters. The van der Waals surface area contributed by atoms with Gasteiger partial charge in [0.05, 0.1) is 12.7 Å². The highest BCUT2D eigenvalue weighted by molar-refractivity contribution is 14.0. The molecule has 0 bridgehead atoms. The minimum Gasteiger partial charge on any atom is -0.374 e. The van der Waals surface area contributed by atoms with Crippen molar-refractivity contribution < 1.29 is 9.53 Å². The standard InChI is InChI=1S/C24H39N5O2.HI/c1-19(2)16-28-13-14-31-22(18-28)15-27-24(25-3)26-11-6-9-23(30)29-12-10-20-7-4-5-8-21(20)17-29;/h4-5,7-8,19,22H,6,9-18H2,1-3H3,(H2,25,26,27);1H. The van der Waals surface area contributed by atoms with Crippen molar-refractivity contribution in [3.63, 3.8) is 0 Å². The second kappa shape index (κ2) is 14.0. The number of guanidine groups is 1. The van der Waals surface area contributed by atoms with Crippen molar-refractivity contribution in [2.24, 2.45) is 10.9 Å². The highest BCUT2D eigenvalue weighted by Crippen LogP contribution is 2.19. The lowest BCUT2D eigenvalue weighted by molar-refractivity contribution is -0.132. The lowest BCUT2D eigenvalue weighted by Gasteiger charge is -2.34. The zero-order valence-corrected chi connectivity index (χ0v) is 22.1. The summed E-state index contributed by atoms with van der Waals surface area (Å²) in [4.78, 5) is 21.4. The maximum absolute atomic E-state index is 12.6. The van der Waals surface area contributed by atoms with Crippen LogP contribution in [0, 0.1) is 5.92 Å². The Morgan fingerprint density at radius 1 is 1.22 bits per heavy atom. The molecule has 1 atom stereocenters. The molecular weight excluding hydrogens is 517 g/mol. The Balaban J connectivity index is 0.00000363. The summed E-state index contributed by atoms with van der Waals surface area (Å²) in [7, 11) is 1.78. The van der Waals surface area contributed by atoms with Gasteiger partial charge in [-0.25, -0.2) is 0 Å². The molecule has 7 nitrogen and oxygen atoms in total. The van der Waals surface area contributed by atoms with Gasteiger partial charge in [-0.05, 0) is 29.9 Å². The maximum atomic E-state index is 12.6. The van der Waals surface area contributed by atoms with E-state index in [1.54, 1.807) is 7.05 Å². The predicted octanol–water partition coefficient (Wildman–Crippen LogP) is 2.49. The molecule has 1 saturated heterocycles. The average molecular weight is 558 g/mol. The van der Waals surface area contributed by atoms with Crippen LogP contribution < -0.4 is 10.6 Å². The summed E-state index contributed by atoms with van der Waals surface area (Å²) in [5.41, 5.74) is 2.65. The molecule has 2 heterocycles. The van der Waals surface area contributed by atoms with Crippen molar-refractivity contribution >= 4 is 35.8 Å². The highest BCUT2D eigenvalue weighted by Gasteiger charge is 2.22. The molecule has 1 fully saturated rings. The van der Waals surface area contributed by atoms with E-state index in [9.17, 15) is 4.79 Å². The predicted molar refractivity (Wildman–Crippen MR) is 141 cm³/mol. The maximum Gasteiger partial charge on any atom is 0.222 e. The molecule has 0 aliphatic carbocycles. The monoisotopic (exact) mass is 557 g/mol. The number of halogens is 1. The van der Waals surface area contributed by atoms with E-state index >= 15 is 0 Å². The van der Waals surface area contributed by atoms with E-state index in [-0.39, 0.29) is 36.0 Å². The van der Waals surface area contributed by atoms with Crippen LogP contribution in [0.5, 0.6) is 0 Å². The van der Waals surface area contributed by atoms with E-state index < -0.39 is 0 Å². The van der Waals surface area contributed by atoms with Crippen LogP contribution in [0.3, 0.4) is 0 Å². The van der Waals surface area contributed by atoms with Gasteiger partial charge in [0.15, 0.2) is 5.96 Å². The zero-order valence-electron chi connectivity index (χ0n) is 19.8. The van der Waals surface area contributed by atoms with Crippen LogP contribution in [0.1, 0.15) is 37.8 Å². The third-order valence-corrected chi connectivity index (χ3v) is 5.91. The van der Waals surface area contributed by atoms with E-state index in [2.05, 4.69) is 58.6 Å². The molecule has 32 heavy (non-hydrogen) atoms. The number of aliphatic imine (C=N–C) groups is 1. The normalized spacial score (nSPS) is 19.3. The summed E-state index contributed by atoms with van der Waals surface area (Å²) in [5.74, 6) is 1.67. The average Bonchev–Trinajstić information content (AvgIpc) is 2.78. The van der Waals surface area contributed by atoms with Crippen molar-refractivity contribution in [3.05, 3.63) is 35.4 Å². The highest BCUT2D eigenvalue weighted by atomic mass is 127. The fourth-order valence-corrected chi connectivity index (χ4v) is 4.33. The Morgan fingerprint density at radius 3 is 2.75 bits per heavy atom. The zero-order chi connectivity index (χ0) is 22.1. The Bertz CT molecular complexity index is 743. The van der Waals surface area contributed by atoms with Crippen molar-refractivity contribution in [1.29, 1.82) is 0 Å². The summed E-state index contributed by atoms with van der Waals surface area (Å²) >= 11 is 0. The number of carbonyl (C=O) groups is 1. The molecule has 1 aromatic rings. The first-order chi connectivity index (χ1) is 15.0. The van der Waals surface area contributed by atoms with Crippen LogP contribution in [-0.4, -0.2) is 80.7 Å². The lowest BCUT2D eigenvalue weighted by Crippen LogP contribution is -2.50. The van der Waals surface area contributed by atoms with Crippen molar-refractivity contribution in [1.82, 2.24) is 20.4 Å². The van der Waals surface area contributed by atoms with Crippen LogP contribution in [0.25, 0.3) is 0 Å². The number of hydrogen-bond donors (Lipinski definition) is 2. The van der Waals surface area contributed by atoms with Gasteiger partial charge in [-0.1, -0.05) is 38.1 Å². The molecule has 2 aliphatic heterocycles. The van der Waals surface area contributed by atoms with Crippen LogP contribution in [0.4, 0.5) is 0 Å². The van der Waals surface area contributed by atoms with E-state index in [1.807, 2.05) is 4.90 Å². The largest absolute Gasteiger partial charge is 0.374 e. The van der Waals surface area contributed by atoms with Gasteiger partial charge in [0.2, 0.25) is 5.91 Å². The van der Waals surface area contributed by atoms with Crippen LogP contribution in [-0.2, 0) is 22.5 Å². The number of hydrogen-bond acceptors (Lipinski definition) is 4. The minimum atomic E-state index is 0. The van der Waals surface area contributed by atoms with Gasteiger partial charge in [-0.15, -0.1) is 24.0 Å². The first kappa shape index (κ1) is 26.9. The number of nitrogens with zero attached hydrogens (tertiary/aromatic N) is 3. The molecule has 8 heteroatoms. The summed E-state index contributed by atoms with van der Waals surface area (Å²) in [6.45, 7) is 11.4. The molecule has 3 rings (SSSR count). The van der Waals surface area contributed by atoms with Gasteiger partial charge in [-0.2, -0.15) is 0 Å². The van der Waals surface area contributed by atoms with Crippen LogP contribution >= 0.6 is 24.0 Å². The fraction of sp³-hybridized carbons (Fsp3) is 0.667. The molecule has 0 saturated carbocycles. The number of benzene rings is 1. The van der Waals surface area contributed by atoms with Gasteiger partial charge >= 0.3 is 0 Å².